The summed E-state index contributed by atoms with van der Waals surface area (Å²) in [7, 11) is 0. The number of nitrogens with zero attached hydrogens (tertiary/aromatic N) is 1. The van der Waals surface area contributed by atoms with Gasteiger partial charge in [-0.2, -0.15) is 0 Å². The van der Waals surface area contributed by atoms with Crippen LogP contribution in [0.1, 0.15) is 43.5 Å². The number of hydrogen-bond acceptors (Lipinski definition) is 4. The summed E-state index contributed by atoms with van der Waals surface area (Å²) in [5.74, 6) is 1.43. The van der Waals surface area contributed by atoms with Crippen LogP contribution >= 0.6 is 0 Å². The molecule has 2 heterocycles. The Bertz CT molecular complexity index is 939. The molecule has 0 N–H and O–H groups in total. The van der Waals surface area contributed by atoms with Gasteiger partial charge in [0, 0.05) is 17.2 Å². The Hall–Kier alpha value is -2.88. The lowest BCUT2D eigenvalue weighted by atomic mass is 9.85. The summed E-state index contributed by atoms with van der Waals surface area (Å²) in [6, 6.07) is 17.4. The van der Waals surface area contributed by atoms with Crippen LogP contribution in [0.15, 0.2) is 59.1 Å². The molecule has 0 bridgehead atoms. The van der Waals surface area contributed by atoms with Crippen molar-refractivity contribution in [3.05, 3.63) is 60.2 Å². The van der Waals surface area contributed by atoms with E-state index in [0.29, 0.717) is 23.5 Å². The van der Waals surface area contributed by atoms with Crippen molar-refractivity contribution in [3.8, 4) is 28.3 Å². The second-order valence-electron chi connectivity index (χ2n) is 6.75. The summed E-state index contributed by atoms with van der Waals surface area (Å²) in [4.78, 5) is 12.7. The monoisotopic (exact) mass is 347 g/mol. The summed E-state index contributed by atoms with van der Waals surface area (Å²) in [5, 5.41) is 4.15. The van der Waals surface area contributed by atoms with E-state index >= 15 is 0 Å². The molecule has 0 saturated heterocycles. The molecular formula is C22H21NO3. The topological polar surface area (TPSA) is 52.3 Å². The normalized spacial score (nSPS) is 15.4. The van der Waals surface area contributed by atoms with Crippen LogP contribution in [0.3, 0.4) is 0 Å². The van der Waals surface area contributed by atoms with Gasteiger partial charge in [0.15, 0.2) is 11.5 Å². The molecule has 1 aromatic heterocycles. The molecule has 132 valence electrons. The molecule has 0 radical (unpaired) electrons. The summed E-state index contributed by atoms with van der Waals surface area (Å²) < 4.78 is 11.7. The molecule has 1 aliphatic rings. The van der Waals surface area contributed by atoms with E-state index in [1.54, 1.807) is 0 Å². The number of Topliss-reactive ketones (excluding diaryl/α,β-unsaturated/α-hetero) is 1. The molecule has 3 aromatic rings. The highest BCUT2D eigenvalue weighted by molar-refractivity contribution is 6.01. The highest BCUT2D eigenvalue weighted by Crippen LogP contribution is 2.39. The van der Waals surface area contributed by atoms with E-state index in [0.717, 1.165) is 29.7 Å². The zero-order valence-corrected chi connectivity index (χ0v) is 15.0. The SMILES string of the molecule is CCC1(CC)CC(=O)c2cc(-c3cc(-c4ccccc4)no3)ccc2O1. The average molecular weight is 347 g/mol. The van der Waals surface area contributed by atoms with Crippen LogP contribution in [-0.2, 0) is 0 Å². The van der Waals surface area contributed by atoms with Crippen molar-refractivity contribution in [3.63, 3.8) is 0 Å². The molecule has 0 unspecified atom stereocenters. The van der Waals surface area contributed by atoms with Gasteiger partial charge in [-0.15, -0.1) is 0 Å². The molecule has 0 amide bonds. The minimum atomic E-state index is -0.377. The zero-order valence-electron chi connectivity index (χ0n) is 15.0. The third kappa shape index (κ3) is 2.81. The Labute approximate surface area is 152 Å². The highest BCUT2D eigenvalue weighted by atomic mass is 16.5. The Kier molecular flexibility index (Phi) is 4.11. The first kappa shape index (κ1) is 16.6. The van der Waals surface area contributed by atoms with Crippen molar-refractivity contribution >= 4 is 5.78 Å². The number of rotatable bonds is 4. The average Bonchev–Trinajstić information content (AvgIpc) is 3.18. The van der Waals surface area contributed by atoms with Crippen molar-refractivity contribution in [1.82, 2.24) is 5.16 Å². The number of fused-ring (bicyclic) bond motifs is 1. The number of hydrogen-bond donors (Lipinski definition) is 0. The number of ketones is 1. The molecular weight excluding hydrogens is 326 g/mol. The number of aromatic nitrogens is 1. The van der Waals surface area contributed by atoms with Gasteiger partial charge in [-0.05, 0) is 31.0 Å². The Morgan fingerprint density at radius 1 is 1.00 bits per heavy atom. The van der Waals surface area contributed by atoms with Gasteiger partial charge < -0.3 is 9.26 Å². The van der Waals surface area contributed by atoms with E-state index in [2.05, 4.69) is 19.0 Å². The van der Waals surface area contributed by atoms with E-state index in [1.165, 1.54) is 0 Å². The predicted molar refractivity (Wildman–Crippen MR) is 100 cm³/mol. The van der Waals surface area contributed by atoms with Crippen molar-refractivity contribution in [1.29, 1.82) is 0 Å². The van der Waals surface area contributed by atoms with Crippen LogP contribution in [-0.4, -0.2) is 16.5 Å². The minimum Gasteiger partial charge on any atom is -0.486 e. The number of benzene rings is 2. The largest absolute Gasteiger partial charge is 0.486 e. The van der Waals surface area contributed by atoms with Gasteiger partial charge in [0.2, 0.25) is 0 Å². The van der Waals surface area contributed by atoms with E-state index in [-0.39, 0.29) is 11.4 Å². The standard InChI is InChI=1S/C22H21NO3/c1-3-22(4-2)14-19(24)17-12-16(10-11-20(17)25-22)21-13-18(23-26-21)15-8-6-5-7-9-15/h5-13H,3-4,14H2,1-2H3. The molecule has 4 nitrogen and oxygen atoms in total. The highest BCUT2D eigenvalue weighted by Gasteiger charge is 2.37. The van der Waals surface area contributed by atoms with E-state index < -0.39 is 0 Å². The van der Waals surface area contributed by atoms with Crippen LogP contribution in [0.25, 0.3) is 22.6 Å². The molecule has 1 aliphatic heterocycles. The summed E-state index contributed by atoms with van der Waals surface area (Å²) in [6.07, 6.45) is 2.06. The number of carbonyl (C=O) groups is 1. The van der Waals surface area contributed by atoms with E-state index in [1.807, 2.05) is 54.6 Å². The van der Waals surface area contributed by atoms with Crippen LogP contribution < -0.4 is 4.74 Å². The molecule has 4 rings (SSSR count). The van der Waals surface area contributed by atoms with Crippen molar-refractivity contribution in [2.24, 2.45) is 0 Å². The molecule has 0 saturated carbocycles. The first-order valence-electron chi connectivity index (χ1n) is 9.03. The van der Waals surface area contributed by atoms with E-state index in [4.69, 9.17) is 9.26 Å². The predicted octanol–water partition coefficient (Wildman–Crippen LogP) is 5.53. The van der Waals surface area contributed by atoms with Crippen molar-refractivity contribution < 1.29 is 14.1 Å². The number of ether oxygens (including phenoxy) is 1. The third-order valence-electron chi connectivity index (χ3n) is 5.24. The maximum atomic E-state index is 12.7. The first-order chi connectivity index (χ1) is 12.6. The van der Waals surface area contributed by atoms with Crippen LogP contribution in [0, 0.1) is 0 Å². The maximum Gasteiger partial charge on any atom is 0.170 e. The summed E-state index contributed by atoms with van der Waals surface area (Å²) in [6.45, 7) is 4.13. The lowest BCUT2D eigenvalue weighted by Crippen LogP contribution is -2.40. The summed E-state index contributed by atoms with van der Waals surface area (Å²) >= 11 is 0. The lowest BCUT2D eigenvalue weighted by molar-refractivity contribution is 0.0350. The summed E-state index contributed by atoms with van der Waals surface area (Å²) in [5.41, 5.74) is 2.85. The zero-order chi connectivity index (χ0) is 18.1. The van der Waals surface area contributed by atoms with Crippen LogP contribution in [0.4, 0.5) is 0 Å². The Balaban J connectivity index is 1.68. The second kappa shape index (κ2) is 6.45. The lowest BCUT2D eigenvalue weighted by Gasteiger charge is -2.36. The van der Waals surface area contributed by atoms with Gasteiger partial charge in [-0.25, -0.2) is 0 Å². The van der Waals surface area contributed by atoms with Gasteiger partial charge in [-0.3, -0.25) is 4.79 Å². The van der Waals surface area contributed by atoms with Gasteiger partial charge in [0.1, 0.15) is 17.0 Å². The van der Waals surface area contributed by atoms with Gasteiger partial charge in [0.05, 0.1) is 12.0 Å². The van der Waals surface area contributed by atoms with E-state index in [9.17, 15) is 4.79 Å². The number of carbonyl (C=O) groups excluding carboxylic acids is 1. The van der Waals surface area contributed by atoms with Crippen molar-refractivity contribution in [2.75, 3.05) is 0 Å². The fourth-order valence-corrected chi connectivity index (χ4v) is 3.45. The third-order valence-corrected chi connectivity index (χ3v) is 5.24. The van der Waals surface area contributed by atoms with Gasteiger partial charge in [0.25, 0.3) is 0 Å². The fourth-order valence-electron chi connectivity index (χ4n) is 3.45. The quantitative estimate of drug-likeness (QED) is 0.622. The molecule has 0 fully saturated rings. The smallest absolute Gasteiger partial charge is 0.170 e. The Morgan fingerprint density at radius 2 is 1.77 bits per heavy atom. The fraction of sp³-hybridized carbons (Fsp3) is 0.273. The van der Waals surface area contributed by atoms with Crippen molar-refractivity contribution in [2.45, 2.75) is 38.7 Å². The van der Waals surface area contributed by atoms with Gasteiger partial charge in [-0.1, -0.05) is 49.3 Å². The molecule has 26 heavy (non-hydrogen) atoms. The van der Waals surface area contributed by atoms with Crippen LogP contribution in [0.2, 0.25) is 0 Å². The van der Waals surface area contributed by atoms with Crippen LogP contribution in [0.5, 0.6) is 5.75 Å². The maximum absolute atomic E-state index is 12.7. The molecule has 4 heteroatoms. The molecule has 2 aromatic carbocycles. The Morgan fingerprint density at radius 3 is 2.50 bits per heavy atom. The first-order valence-corrected chi connectivity index (χ1v) is 9.03. The molecule has 0 aliphatic carbocycles. The molecule has 0 spiro atoms. The van der Waals surface area contributed by atoms with Gasteiger partial charge >= 0.3 is 0 Å². The minimum absolute atomic E-state index is 0.125. The molecule has 0 atom stereocenters. The second-order valence-corrected chi connectivity index (χ2v) is 6.75.